The van der Waals surface area contributed by atoms with Crippen molar-refractivity contribution in [2.75, 3.05) is 0 Å². The zero-order chi connectivity index (χ0) is 9.56. The van der Waals surface area contributed by atoms with Gasteiger partial charge < -0.3 is 10.2 Å². The molecular weight excluding hydrogens is 160 g/mol. The second kappa shape index (κ2) is 5.12. The van der Waals surface area contributed by atoms with Gasteiger partial charge in [-0.3, -0.25) is 9.59 Å². The predicted molar refractivity (Wildman–Crippen MR) is 42.8 cm³/mol. The Hall–Kier alpha value is -1.58. The molecule has 0 saturated heterocycles. The monoisotopic (exact) mass is 170 g/mol. The molecule has 0 heterocycles. The molecule has 0 unspecified atom stereocenters. The lowest BCUT2D eigenvalue weighted by molar-refractivity contribution is -0.136. The summed E-state index contributed by atoms with van der Waals surface area (Å²) in [5.74, 6) is -2.08. The molecule has 12 heavy (non-hydrogen) atoms. The third kappa shape index (κ3) is 5.22. The molecule has 0 aliphatic rings. The Bertz CT molecular complexity index is 209. The van der Waals surface area contributed by atoms with E-state index in [1.54, 1.807) is 0 Å². The van der Waals surface area contributed by atoms with Crippen LogP contribution in [-0.2, 0) is 9.59 Å². The molecular formula is C8H10O4. The molecule has 0 fully saturated rings. The van der Waals surface area contributed by atoms with Crippen molar-refractivity contribution in [1.82, 2.24) is 0 Å². The summed E-state index contributed by atoms with van der Waals surface area (Å²) in [5.41, 5.74) is 0.338. The maximum Gasteiger partial charge on any atom is 0.307 e. The normalized spacial score (nSPS) is 8.67. The van der Waals surface area contributed by atoms with E-state index in [1.165, 1.54) is 12.2 Å². The van der Waals surface area contributed by atoms with E-state index >= 15 is 0 Å². The molecule has 0 spiro atoms. The van der Waals surface area contributed by atoms with E-state index in [0.717, 1.165) is 0 Å². The van der Waals surface area contributed by atoms with Gasteiger partial charge in [0.15, 0.2) is 0 Å². The first-order valence-electron chi connectivity index (χ1n) is 3.30. The number of hydrogen-bond acceptors (Lipinski definition) is 2. The molecule has 0 bridgehead atoms. The fourth-order valence-electron chi connectivity index (χ4n) is 0.736. The largest absolute Gasteiger partial charge is 0.481 e. The van der Waals surface area contributed by atoms with E-state index in [0.29, 0.717) is 5.57 Å². The SMILES string of the molecule is C=CC=C(CC(=O)O)CC(=O)O. The van der Waals surface area contributed by atoms with Crippen LogP contribution in [0.15, 0.2) is 24.3 Å². The van der Waals surface area contributed by atoms with Crippen LogP contribution >= 0.6 is 0 Å². The molecule has 0 radical (unpaired) electrons. The average molecular weight is 170 g/mol. The first-order valence-corrected chi connectivity index (χ1v) is 3.30. The van der Waals surface area contributed by atoms with Crippen molar-refractivity contribution in [3.05, 3.63) is 24.3 Å². The van der Waals surface area contributed by atoms with E-state index in [1.807, 2.05) is 0 Å². The van der Waals surface area contributed by atoms with Crippen LogP contribution in [-0.4, -0.2) is 22.2 Å². The smallest absolute Gasteiger partial charge is 0.307 e. The van der Waals surface area contributed by atoms with Gasteiger partial charge in [-0.15, -0.1) is 0 Å². The molecule has 2 N–H and O–H groups in total. The van der Waals surface area contributed by atoms with Crippen molar-refractivity contribution < 1.29 is 19.8 Å². The lowest BCUT2D eigenvalue weighted by Gasteiger charge is -1.98. The highest BCUT2D eigenvalue weighted by Crippen LogP contribution is 2.06. The fourth-order valence-corrected chi connectivity index (χ4v) is 0.736. The fraction of sp³-hybridized carbons (Fsp3) is 0.250. The summed E-state index contributed by atoms with van der Waals surface area (Å²) in [6.07, 6.45) is 2.28. The Morgan fingerprint density at radius 3 is 1.83 bits per heavy atom. The molecule has 66 valence electrons. The van der Waals surface area contributed by atoms with E-state index < -0.39 is 11.9 Å². The molecule has 4 nitrogen and oxygen atoms in total. The number of aliphatic carboxylic acids is 2. The summed E-state index contributed by atoms with van der Waals surface area (Å²) in [6.45, 7) is 3.35. The summed E-state index contributed by atoms with van der Waals surface area (Å²) in [5, 5.41) is 16.7. The minimum atomic E-state index is -1.04. The average Bonchev–Trinajstić information content (AvgIpc) is 1.84. The Morgan fingerprint density at radius 2 is 1.58 bits per heavy atom. The van der Waals surface area contributed by atoms with Gasteiger partial charge in [0.2, 0.25) is 0 Å². The van der Waals surface area contributed by atoms with Crippen LogP contribution in [0.1, 0.15) is 12.8 Å². The van der Waals surface area contributed by atoms with Crippen molar-refractivity contribution >= 4 is 11.9 Å². The highest BCUT2D eigenvalue weighted by atomic mass is 16.4. The van der Waals surface area contributed by atoms with Crippen LogP contribution in [0.5, 0.6) is 0 Å². The van der Waals surface area contributed by atoms with Crippen molar-refractivity contribution in [3.63, 3.8) is 0 Å². The van der Waals surface area contributed by atoms with E-state index in [-0.39, 0.29) is 12.8 Å². The molecule has 0 aliphatic heterocycles. The molecule has 0 aromatic rings. The lowest BCUT2D eigenvalue weighted by atomic mass is 10.1. The van der Waals surface area contributed by atoms with Gasteiger partial charge in [-0.2, -0.15) is 0 Å². The minimum absolute atomic E-state index is 0.252. The van der Waals surface area contributed by atoms with Gasteiger partial charge in [-0.1, -0.05) is 18.7 Å². The molecule has 0 rings (SSSR count). The predicted octanol–water partition coefficient (Wildman–Crippen LogP) is 1.05. The summed E-state index contributed by atoms with van der Waals surface area (Å²) in [4.78, 5) is 20.4. The van der Waals surface area contributed by atoms with Crippen molar-refractivity contribution in [1.29, 1.82) is 0 Å². The van der Waals surface area contributed by atoms with Gasteiger partial charge >= 0.3 is 11.9 Å². The minimum Gasteiger partial charge on any atom is -0.481 e. The number of carboxylic acid groups (broad SMARTS) is 2. The third-order valence-corrected chi connectivity index (χ3v) is 1.11. The number of rotatable bonds is 5. The highest BCUT2D eigenvalue weighted by molar-refractivity contribution is 5.75. The third-order valence-electron chi connectivity index (χ3n) is 1.11. The van der Waals surface area contributed by atoms with Crippen molar-refractivity contribution in [2.45, 2.75) is 12.8 Å². The first kappa shape index (κ1) is 10.4. The van der Waals surface area contributed by atoms with E-state index in [2.05, 4.69) is 6.58 Å². The van der Waals surface area contributed by atoms with Gasteiger partial charge in [-0.25, -0.2) is 0 Å². The van der Waals surface area contributed by atoms with Gasteiger partial charge in [0.1, 0.15) is 0 Å². The van der Waals surface area contributed by atoms with Gasteiger partial charge in [-0.05, 0) is 5.57 Å². The maximum absolute atomic E-state index is 10.2. The second-order valence-electron chi connectivity index (χ2n) is 2.20. The first-order chi connectivity index (χ1) is 5.56. The molecule has 4 heteroatoms. The summed E-state index contributed by atoms with van der Waals surface area (Å²) in [6, 6.07) is 0. The van der Waals surface area contributed by atoms with Crippen LogP contribution < -0.4 is 0 Å². The zero-order valence-electron chi connectivity index (χ0n) is 6.49. The number of carbonyl (C=O) groups is 2. The highest BCUT2D eigenvalue weighted by Gasteiger charge is 2.06. The molecule has 0 aromatic carbocycles. The Labute approximate surface area is 69.8 Å². The quantitative estimate of drug-likeness (QED) is 0.604. The second-order valence-corrected chi connectivity index (χ2v) is 2.20. The van der Waals surface area contributed by atoms with Gasteiger partial charge in [0.05, 0.1) is 12.8 Å². The topological polar surface area (TPSA) is 74.6 Å². The van der Waals surface area contributed by atoms with E-state index in [4.69, 9.17) is 10.2 Å². The summed E-state index contributed by atoms with van der Waals surface area (Å²) >= 11 is 0. The van der Waals surface area contributed by atoms with Crippen molar-refractivity contribution in [2.24, 2.45) is 0 Å². The molecule has 0 amide bonds. The maximum atomic E-state index is 10.2. The number of carboxylic acids is 2. The van der Waals surface area contributed by atoms with Gasteiger partial charge in [0, 0.05) is 0 Å². The Balaban J connectivity index is 4.23. The summed E-state index contributed by atoms with van der Waals surface area (Å²) < 4.78 is 0. The lowest BCUT2D eigenvalue weighted by Crippen LogP contribution is -2.02. The summed E-state index contributed by atoms with van der Waals surface area (Å²) in [7, 11) is 0. The molecule has 0 atom stereocenters. The van der Waals surface area contributed by atoms with Crippen LogP contribution in [0, 0.1) is 0 Å². The Kier molecular flexibility index (Phi) is 4.45. The van der Waals surface area contributed by atoms with Crippen LogP contribution in [0.25, 0.3) is 0 Å². The molecule has 0 saturated carbocycles. The number of hydrogen-bond donors (Lipinski definition) is 2. The van der Waals surface area contributed by atoms with Gasteiger partial charge in [0.25, 0.3) is 0 Å². The zero-order valence-corrected chi connectivity index (χ0v) is 6.49. The van der Waals surface area contributed by atoms with E-state index in [9.17, 15) is 9.59 Å². The molecule has 0 aromatic heterocycles. The standard InChI is InChI=1S/C8H10O4/c1-2-3-6(4-7(9)10)5-8(11)12/h2-3H,1,4-5H2,(H,9,10)(H,11,12). The van der Waals surface area contributed by atoms with Crippen LogP contribution in [0.2, 0.25) is 0 Å². The Morgan fingerprint density at radius 1 is 1.17 bits per heavy atom. The number of allylic oxidation sites excluding steroid dienone is 2. The van der Waals surface area contributed by atoms with Crippen LogP contribution in [0.3, 0.4) is 0 Å². The van der Waals surface area contributed by atoms with Crippen molar-refractivity contribution in [3.8, 4) is 0 Å². The van der Waals surface area contributed by atoms with Crippen LogP contribution in [0.4, 0.5) is 0 Å². The molecule has 0 aliphatic carbocycles.